The highest BCUT2D eigenvalue weighted by Gasteiger charge is 2.52. The summed E-state index contributed by atoms with van der Waals surface area (Å²) in [5.74, 6) is 0.442. The number of hydrogen-bond donors (Lipinski definition) is 2. The predicted molar refractivity (Wildman–Crippen MR) is 76.2 cm³/mol. The van der Waals surface area contributed by atoms with Crippen molar-refractivity contribution in [1.29, 1.82) is 0 Å². The van der Waals surface area contributed by atoms with Crippen LogP contribution in [0.3, 0.4) is 0 Å². The molecule has 1 saturated carbocycles. The van der Waals surface area contributed by atoms with Crippen LogP contribution in [0.1, 0.15) is 46.0 Å². The van der Waals surface area contributed by atoms with Crippen molar-refractivity contribution in [3.63, 3.8) is 0 Å². The van der Waals surface area contributed by atoms with E-state index in [2.05, 4.69) is 24.1 Å². The molecule has 2 aliphatic rings. The molecule has 2 N–H and O–H groups in total. The second-order valence-electron chi connectivity index (χ2n) is 6.28. The molecule has 1 heterocycles. The Morgan fingerprint density at radius 1 is 1.37 bits per heavy atom. The van der Waals surface area contributed by atoms with Gasteiger partial charge >= 0.3 is 5.97 Å². The minimum absolute atomic E-state index is 0.331. The fourth-order valence-electron chi connectivity index (χ4n) is 3.31. The zero-order valence-corrected chi connectivity index (χ0v) is 12.3. The number of likely N-dealkylation sites (tertiary alicyclic amines) is 1. The maximum absolute atomic E-state index is 11.9. The first-order chi connectivity index (χ1) is 9.12. The lowest BCUT2D eigenvalue weighted by molar-refractivity contribution is -0.147. The number of aliphatic carboxylic acids is 1. The van der Waals surface area contributed by atoms with Crippen LogP contribution in [-0.2, 0) is 4.79 Å². The topological polar surface area (TPSA) is 52.6 Å². The van der Waals surface area contributed by atoms with Gasteiger partial charge in [-0.25, -0.2) is 0 Å². The maximum atomic E-state index is 11.9. The molecular formula is C15H28N2O2. The first kappa shape index (κ1) is 14.8. The van der Waals surface area contributed by atoms with E-state index in [0.29, 0.717) is 12.5 Å². The number of nitrogens with one attached hydrogen (secondary N) is 1. The molecule has 4 heteroatoms. The van der Waals surface area contributed by atoms with E-state index in [1.165, 1.54) is 12.8 Å². The lowest BCUT2D eigenvalue weighted by atomic mass is 9.92. The molecule has 0 spiro atoms. The van der Waals surface area contributed by atoms with Gasteiger partial charge in [0.2, 0.25) is 0 Å². The Kier molecular flexibility index (Phi) is 4.85. The van der Waals surface area contributed by atoms with Crippen LogP contribution < -0.4 is 5.32 Å². The highest BCUT2D eigenvalue weighted by atomic mass is 16.4. The molecule has 2 unspecified atom stereocenters. The molecule has 0 aromatic heterocycles. The lowest BCUT2D eigenvalue weighted by Gasteiger charge is -2.35. The smallest absolute Gasteiger partial charge is 0.325 e. The summed E-state index contributed by atoms with van der Waals surface area (Å²) in [6, 6.07) is 0. The van der Waals surface area contributed by atoms with Crippen LogP contribution in [0.15, 0.2) is 0 Å². The van der Waals surface area contributed by atoms with Gasteiger partial charge < -0.3 is 15.3 Å². The van der Waals surface area contributed by atoms with E-state index in [1.54, 1.807) is 0 Å². The van der Waals surface area contributed by atoms with E-state index in [0.717, 1.165) is 44.8 Å². The van der Waals surface area contributed by atoms with Gasteiger partial charge in [-0.2, -0.15) is 0 Å². The van der Waals surface area contributed by atoms with Crippen LogP contribution in [0.2, 0.25) is 0 Å². The first-order valence-corrected chi connectivity index (χ1v) is 7.83. The molecule has 1 aliphatic carbocycles. The average molecular weight is 268 g/mol. The second-order valence-corrected chi connectivity index (χ2v) is 6.28. The maximum Gasteiger partial charge on any atom is 0.325 e. The van der Waals surface area contributed by atoms with Crippen molar-refractivity contribution in [3.05, 3.63) is 0 Å². The Morgan fingerprint density at radius 3 is 2.58 bits per heavy atom. The predicted octanol–water partition coefficient (Wildman–Crippen LogP) is 1.95. The molecule has 0 aromatic carbocycles. The zero-order valence-electron chi connectivity index (χ0n) is 12.3. The molecule has 2 fully saturated rings. The minimum atomic E-state index is -0.696. The molecule has 1 aliphatic heterocycles. The number of carbonyl (C=O) groups is 1. The number of nitrogens with zero attached hydrogens (tertiary/aromatic N) is 1. The monoisotopic (exact) mass is 268 g/mol. The van der Waals surface area contributed by atoms with Crippen molar-refractivity contribution in [2.24, 2.45) is 11.8 Å². The van der Waals surface area contributed by atoms with Crippen molar-refractivity contribution in [2.45, 2.75) is 51.5 Å². The van der Waals surface area contributed by atoms with Crippen molar-refractivity contribution < 1.29 is 9.90 Å². The molecule has 4 nitrogen and oxygen atoms in total. The minimum Gasteiger partial charge on any atom is -0.480 e. The molecular weight excluding hydrogens is 240 g/mol. The molecule has 19 heavy (non-hydrogen) atoms. The average Bonchev–Trinajstić information content (AvgIpc) is 3.15. The molecule has 2 rings (SSSR count). The third-order valence-electron chi connectivity index (χ3n) is 4.77. The molecule has 0 aromatic rings. The SMILES string of the molecule is CCCNC(CN1CCC(CC)C1)(C(=O)O)C1CC1. The fraction of sp³-hybridized carbons (Fsp3) is 0.933. The van der Waals surface area contributed by atoms with Gasteiger partial charge in [-0.15, -0.1) is 0 Å². The van der Waals surface area contributed by atoms with Crippen molar-refractivity contribution in [2.75, 3.05) is 26.2 Å². The van der Waals surface area contributed by atoms with E-state index >= 15 is 0 Å². The highest BCUT2D eigenvalue weighted by molar-refractivity contribution is 5.80. The van der Waals surface area contributed by atoms with E-state index in [9.17, 15) is 9.90 Å². The summed E-state index contributed by atoms with van der Waals surface area (Å²) in [5.41, 5.74) is -0.696. The summed E-state index contributed by atoms with van der Waals surface area (Å²) in [5, 5.41) is 13.1. The van der Waals surface area contributed by atoms with Crippen molar-refractivity contribution >= 4 is 5.97 Å². The van der Waals surface area contributed by atoms with Crippen LogP contribution in [0.4, 0.5) is 0 Å². The van der Waals surface area contributed by atoms with E-state index in [4.69, 9.17) is 0 Å². The van der Waals surface area contributed by atoms with Crippen LogP contribution in [0.25, 0.3) is 0 Å². The second kappa shape index (κ2) is 6.23. The van der Waals surface area contributed by atoms with Crippen LogP contribution >= 0.6 is 0 Å². The zero-order chi connectivity index (χ0) is 13.9. The van der Waals surface area contributed by atoms with Crippen LogP contribution in [0, 0.1) is 11.8 Å². The van der Waals surface area contributed by atoms with Gasteiger partial charge in [0.25, 0.3) is 0 Å². The quantitative estimate of drug-likeness (QED) is 0.706. The first-order valence-electron chi connectivity index (χ1n) is 7.83. The van der Waals surface area contributed by atoms with Gasteiger partial charge in [-0.1, -0.05) is 20.3 Å². The summed E-state index contributed by atoms with van der Waals surface area (Å²) < 4.78 is 0. The van der Waals surface area contributed by atoms with Gasteiger partial charge in [-0.3, -0.25) is 4.79 Å². The van der Waals surface area contributed by atoms with Crippen molar-refractivity contribution in [1.82, 2.24) is 10.2 Å². The number of carboxylic acid groups (broad SMARTS) is 1. The Hall–Kier alpha value is -0.610. The van der Waals surface area contributed by atoms with Crippen molar-refractivity contribution in [3.8, 4) is 0 Å². The van der Waals surface area contributed by atoms with E-state index in [1.807, 2.05) is 0 Å². The van der Waals surface area contributed by atoms with Gasteiger partial charge in [0.1, 0.15) is 5.54 Å². The molecule has 0 bridgehead atoms. The summed E-state index contributed by atoms with van der Waals surface area (Å²) in [6.07, 6.45) is 5.55. The number of rotatable bonds is 8. The van der Waals surface area contributed by atoms with Crippen LogP contribution in [0.5, 0.6) is 0 Å². The lowest BCUT2D eigenvalue weighted by Crippen LogP contribution is -2.60. The third kappa shape index (κ3) is 3.29. The highest BCUT2D eigenvalue weighted by Crippen LogP contribution is 2.41. The number of carboxylic acids is 1. The molecule has 1 saturated heterocycles. The standard InChI is InChI=1S/C15H28N2O2/c1-3-8-16-15(14(18)19,13-5-6-13)11-17-9-7-12(4-2)10-17/h12-13,16H,3-11H2,1-2H3,(H,18,19). The van der Waals surface area contributed by atoms with Crippen LogP contribution in [-0.4, -0.2) is 47.7 Å². The normalized spacial score (nSPS) is 27.4. The largest absolute Gasteiger partial charge is 0.480 e. The third-order valence-corrected chi connectivity index (χ3v) is 4.77. The Balaban J connectivity index is 2.02. The molecule has 0 amide bonds. The molecule has 110 valence electrons. The Morgan fingerprint density at radius 2 is 2.11 bits per heavy atom. The Labute approximate surface area is 116 Å². The summed E-state index contributed by atoms with van der Waals surface area (Å²) in [6.45, 7) is 7.95. The van der Waals surface area contributed by atoms with E-state index in [-0.39, 0.29) is 0 Å². The van der Waals surface area contributed by atoms with Gasteiger partial charge in [0, 0.05) is 13.1 Å². The summed E-state index contributed by atoms with van der Waals surface area (Å²) >= 11 is 0. The molecule has 2 atom stereocenters. The summed E-state index contributed by atoms with van der Waals surface area (Å²) in [4.78, 5) is 14.2. The summed E-state index contributed by atoms with van der Waals surface area (Å²) in [7, 11) is 0. The van der Waals surface area contributed by atoms with Gasteiger partial charge in [-0.05, 0) is 50.6 Å². The fourth-order valence-corrected chi connectivity index (χ4v) is 3.31. The van der Waals surface area contributed by atoms with Gasteiger partial charge in [0.15, 0.2) is 0 Å². The number of hydrogen-bond acceptors (Lipinski definition) is 3. The van der Waals surface area contributed by atoms with Gasteiger partial charge in [0.05, 0.1) is 0 Å². The Bertz CT molecular complexity index is 317. The molecule has 0 radical (unpaired) electrons. The van der Waals surface area contributed by atoms with E-state index < -0.39 is 11.5 Å².